The van der Waals surface area contributed by atoms with Gasteiger partial charge in [0.1, 0.15) is 5.82 Å². The third-order valence-corrected chi connectivity index (χ3v) is 3.18. The summed E-state index contributed by atoms with van der Waals surface area (Å²) in [4.78, 5) is 10.6. The average Bonchev–Trinajstić information content (AvgIpc) is 2.40. The first kappa shape index (κ1) is 12.9. The number of rotatable bonds is 5. The normalized spacial score (nSPS) is 15.1. The fourth-order valence-corrected chi connectivity index (χ4v) is 2.15. The van der Waals surface area contributed by atoms with Crippen LogP contribution in [-0.2, 0) is 0 Å². The molecule has 1 heterocycles. The van der Waals surface area contributed by atoms with E-state index in [0.717, 1.165) is 24.7 Å². The highest BCUT2D eigenvalue weighted by Crippen LogP contribution is 2.20. The summed E-state index contributed by atoms with van der Waals surface area (Å²) in [7, 11) is 3.90. The number of aromatic nitrogens is 2. The summed E-state index contributed by atoms with van der Waals surface area (Å²) in [5.41, 5.74) is 1.59. The summed E-state index contributed by atoms with van der Waals surface area (Å²) in [6.07, 6.45) is 10.6. The van der Waals surface area contributed by atoms with E-state index in [9.17, 15) is 0 Å². The molecule has 0 bridgehead atoms. The second-order valence-corrected chi connectivity index (χ2v) is 4.92. The molecule has 0 unspecified atom stereocenters. The van der Waals surface area contributed by atoms with Crippen LogP contribution in [0.3, 0.4) is 0 Å². The van der Waals surface area contributed by atoms with Crippen LogP contribution in [0, 0.1) is 0 Å². The van der Waals surface area contributed by atoms with Gasteiger partial charge in [-0.1, -0.05) is 11.6 Å². The molecule has 1 aliphatic rings. The predicted octanol–water partition coefficient (Wildman–Crippen LogP) is 2.85. The molecule has 0 spiro atoms. The zero-order valence-electron chi connectivity index (χ0n) is 11.3. The average molecular weight is 246 g/mol. The fraction of sp³-hybridized carbons (Fsp3) is 0.571. The molecule has 0 radical (unpaired) electrons. The van der Waals surface area contributed by atoms with Gasteiger partial charge < -0.3 is 10.2 Å². The third kappa shape index (κ3) is 3.72. The lowest BCUT2D eigenvalue weighted by atomic mass is 9.97. The van der Waals surface area contributed by atoms with E-state index in [-0.39, 0.29) is 0 Å². The summed E-state index contributed by atoms with van der Waals surface area (Å²) in [6.45, 7) is 0.954. The number of hydrogen-bond donors (Lipinski definition) is 1. The fourth-order valence-electron chi connectivity index (χ4n) is 2.15. The summed E-state index contributed by atoms with van der Waals surface area (Å²) < 4.78 is 0. The maximum atomic E-state index is 4.44. The SMILES string of the molecule is CN(C)c1nccc(NCCC2=CCCCC2)n1. The van der Waals surface area contributed by atoms with Crippen LogP contribution in [0.5, 0.6) is 0 Å². The van der Waals surface area contributed by atoms with Gasteiger partial charge in [-0.25, -0.2) is 4.98 Å². The molecule has 0 fully saturated rings. The zero-order chi connectivity index (χ0) is 12.8. The van der Waals surface area contributed by atoms with E-state index in [1.54, 1.807) is 11.8 Å². The molecular formula is C14H22N4. The molecule has 0 aliphatic heterocycles. The van der Waals surface area contributed by atoms with E-state index in [4.69, 9.17) is 0 Å². The van der Waals surface area contributed by atoms with Crippen molar-refractivity contribution in [1.29, 1.82) is 0 Å². The summed E-state index contributed by atoms with van der Waals surface area (Å²) >= 11 is 0. The Morgan fingerprint density at radius 2 is 2.22 bits per heavy atom. The number of hydrogen-bond acceptors (Lipinski definition) is 4. The van der Waals surface area contributed by atoms with Crippen LogP contribution < -0.4 is 10.2 Å². The molecule has 1 aliphatic carbocycles. The van der Waals surface area contributed by atoms with Crippen molar-refractivity contribution in [2.45, 2.75) is 32.1 Å². The van der Waals surface area contributed by atoms with Gasteiger partial charge in [0.15, 0.2) is 0 Å². The molecule has 2 rings (SSSR count). The van der Waals surface area contributed by atoms with Crippen LogP contribution in [0.1, 0.15) is 32.1 Å². The van der Waals surface area contributed by atoms with Gasteiger partial charge in [0.2, 0.25) is 5.95 Å². The summed E-state index contributed by atoms with van der Waals surface area (Å²) in [6, 6.07) is 1.92. The van der Waals surface area contributed by atoms with Gasteiger partial charge in [-0.2, -0.15) is 4.98 Å². The van der Waals surface area contributed by atoms with Crippen LogP contribution in [0.4, 0.5) is 11.8 Å². The number of nitrogens with one attached hydrogen (secondary N) is 1. The smallest absolute Gasteiger partial charge is 0.226 e. The minimum atomic E-state index is 0.747. The molecule has 18 heavy (non-hydrogen) atoms. The summed E-state index contributed by atoms with van der Waals surface area (Å²) in [5.74, 6) is 1.65. The van der Waals surface area contributed by atoms with Gasteiger partial charge >= 0.3 is 0 Å². The van der Waals surface area contributed by atoms with Crippen molar-refractivity contribution in [2.24, 2.45) is 0 Å². The maximum Gasteiger partial charge on any atom is 0.226 e. The Balaban J connectivity index is 1.82. The Morgan fingerprint density at radius 3 is 2.94 bits per heavy atom. The first-order valence-electron chi connectivity index (χ1n) is 6.68. The van der Waals surface area contributed by atoms with Gasteiger partial charge in [0.25, 0.3) is 0 Å². The van der Waals surface area contributed by atoms with Crippen LogP contribution in [-0.4, -0.2) is 30.6 Å². The van der Waals surface area contributed by atoms with Crippen LogP contribution in [0.15, 0.2) is 23.9 Å². The first-order chi connectivity index (χ1) is 8.75. The molecule has 1 N–H and O–H groups in total. The second kappa shape index (κ2) is 6.38. The molecule has 4 heteroatoms. The Kier molecular flexibility index (Phi) is 4.56. The molecule has 1 aromatic heterocycles. The minimum absolute atomic E-state index is 0.747. The highest BCUT2D eigenvalue weighted by molar-refractivity contribution is 5.40. The zero-order valence-corrected chi connectivity index (χ0v) is 11.3. The summed E-state index contributed by atoms with van der Waals surface area (Å²) in [5, 5.41) is 3.37. The minimum Gasteiger partial charge on any atom is -0.370 e. The van der Waals surface area contributed by atoms with Crippen LogP contribution in [0.2, 0.25) is 0 Å². The Bertz CT molecular complexity index is 412. The molecule has 0 amide bonds. The van der Waals surface area contributed by atoms with E-state index in [0.29, 0.717) is 0 Å². The van der Waals surface area contributed by atoms with Gasteiger partial charge in [-0.15, -0.1) is 0 Å². The highest BCUT2D eigenvalue weighted by atomic mass is 15.2. The number of allylic oxidation sites excluding steroid dienone is 1. The Hall–Kier alpha value is -1.58. The number of nitrogens with zero attached hydrogens (tertiary/aromatic N) is 3. The quantitative estimate of drug-likeness (QED) is 0.811. The van der Waals surface area contributed by atoms with E-state index in [1.807, 2.05) is 25.1 Å². The molecular weight excluding hydrogens is 224 g/mol. The standard InChI is InChI=1S/C14H22N4/c1-18(2)14-16-11-9-13(17-14)15-10-8-12-6-4-3-5-7-12/h6,9,11H,3-5,7-8,10H2,1-2H3,(H,15,16,17). The van der Waals surface area contributed by atoms with E-state index in [1.165, 1.54) is 25.7 Å². The predicted molar refractivity (Wildman–Crippen MR) is 76.0 cm³/mol. The monoisotopic (exact) mass is 246 g/mol. The van der Waals surface area contributed by atoms with Crippen molar-refractivity contribution in [2.75, 3.05) is 30.9 Å². The molecule has 1 aromatic rings. The van der Waals surface area contributed by atoms with Crippen molar-refractivity contribution in [3.63, 3.8) is 0 Å². The van der Waals surface area contributed by atoms with Gasteiger partial charge in [-0.05, 0) is 38.2 Å². The van der Waals surface area contributed by atoms with Crippen molar-refractivity contribution in [1.82, 2.24) is 9.97 Å². The molecule has 0 atom stereocenters. The van der Waals surface area contributed by atoms with Crippen molar-refractivity contribution >= 4 is 11.8 Å². The van der Waals surface area contributed by atoms with E-state index in [2.05, 4.69) is 21.4 Å². The molecule has 98 valence electrons. The topological polar surface area (TPSA) is 41.1 Å². The molecule has 0 saturated carbocycles. The largest absolute Gasteiger partial charge is 0.370 e. The maximum absolute atomic E-state index is 4.44. The van der Waals surface area contributed by atoms with Gasteiger partial charge in [0, 0.05) is 26.8 Å². The Morgan fingerprint density at radius 1 is 1.33 bits per heavy atom. The van der Waals surface area contributed by atoms with Gasteiger partial charge in [0.05, 0.1) is 0 Å². The molecule has 0 saturated heterocycles. The van der Waals surface area contributed by atoms with E-state index >= 15 is 0 Å². The van der Waals surface area contributed by atoms with Crippen LogP contribution >= 0.6 is 0 Å². The lowest BCUT2D eigenvalue weighted by Gasteiger charge is -2.14. The first-order valence-corrected chi connectivity index (χ1v) is 6.68. The van der Waals surface area contributed by atoms with Crippen molar-refractivity contribution < 1.29 is 0 Å². The van der Waals surface area contributed by atoms with Gasteiger partial charge in [-0.3, -0.25) is 0 Å². The Labute approximate surface area is 109 Å². The lowest BCUT2D eigenvalue weighted by molar-refractivity contribution is 0.679. The molecule has 4 nitrogen and oxygen atoms in total. The third-order valence-electron chi connectivity index (χ3n) is 3.18. The highest BCUT2D eigenvalue weighted by Gasteiger charge is 2.04. The molecule has 0 aromatic carbocycles. The van der Waals surface area contributed by atoms with Crippen molar-refractivity contribution in [3.05, 3.63) is 23.9 Å². The second-order valence-electron chi connectivity index (χ2n) is 4.92. The van der Waals surface area contributed by atoms with Crippen molar-refractivity contribution in [3.8, 4) is 0 Å². The lowest BCUT2D eigenvalue weighted by Crippen LogP contribution is -2.14. The number of anilines is 2. The van der Waals surface area contributed by atoms with Crippen LogP contribution in [0.25, 0.3) is 0 Å². The van der Waals surface area contributed by atoms with E-state index < -0.39 is 0 Å².